The van der Waals surface area contributed by atoms with Gasteiger partial charge in [-0.1, -0.05) is 48.5 Å². The van der Waals surface area contributed by atoms with Crippen molar-refractivity contribution in [3.05, 3.63) is 71.8 Å². The van der Waals surface area contributed by atoms with Crippen molar-refractivity contribution in [2.45, 2.75) is 50.7 Å². The Hall–Kier alpha value is -2.17. The summed E-state index contributed by atoms with van der Waals surface area (Å²) in [5.74, 6) is 0.0549. The summed E-state index contributed by atoms with van der Waals surface area (Å²) in [6.45, 7) is 3.25. The fourth-order valence-corrected chi connectivity index (χ4v) is 4.15. The zero-order valence-corrected chi connectivity index (χ0v) is 15.1. The van der Waals surface area contributed by atoms with Crippen LogP contribution in [0.2, 0.25) is 0 Å². The van der Waals surface area contributed by atoms with Gasteiger partial charge in [0.25, 0.3) is 5.91 Å². The molecule has 0 aromatic heterocycles. The molecule has 1 spiro atoms. The lowest BCUT2D eigenvalue weighted by Gasteiger charge is -2.36. The van der Waals surface area contributed by atoms with E-state index < -0.39 is 5.72 Å². The van der Waals surface area contributed by atoms with Crippen LogP contribution in [-0.4, -0.2) is 35.3 Å². The summed E-state index contributed by atoms with van der Waals surface area (Å²) in [7, 11) is 0. The van der Waals surface area contributed by atoms with Crippen LogP contribution in [0.25, 0.3) is 0 Å². The average Bonchev–Trinajstić information content (AvgIpc) is 3.24. The maximum Gasteiger partial charge on any atom is 0.256 e. The SMILES string of the molecule is C[C@H]1CO[C@]2(CC[C@@H](OCc3ccccc3)C2)N1C(=O)c1ccccc1. The molecule has 0 bridgehead atoms. The number of nitrogens with zero attached hydrogens (tertiary/aromatic N) is 1. The van der Waals surface area contributed by atoms with Crippen molar-refractivity contribution in [2.75, 3.05) is 6.61 Å². The van der Waals surface area contributed by atoms with Gasteiger partial charge in [0.15, 0.2) is 0 Å². The number of benzene rings is 2. The van der Waals surface area contributed by atoms with E-state index in [9.17, 15) is 4.79 Å². The zero-order chi connectivity index (χ0) is 18.0. The summed E-state index contributed by atoms with van der Waals surface area (Å²) in [6.07, 6.45) is 2.60. The molecule has 0 N–H and O–H groups in total. The Kier molecular flexibility index (Phi) is 4.79. The van der Waals surface area contributed by atoms with Gasteiger partial charge in [-0.15, -0.1) is 0 Å². The van der Waals surface area contributed by atoms with E-state index >= 15 is 0 Å². The molecule has 2 aromatic carbocycles. The number of ether oxygens (including phenoxy) is 2. The molecular weight excluding hydrogens is 326 g/mol. The van der Waals surface area contributed by atoms with Crippen molar-refractivity contribution in [3.63, 3.8) is 0 Å². The normalized spacial score (nSPS) is 28.0. The van der Waals surface area contributed by atoms with E-state index in [2.05, 4.69) is 19.1 Å². The third-order valence-electron chi connectivity index (χ3n) is 5.44. The first-order valence-corrected chi connectivity index (χ1v) is 9.36. The smallest absolute Gasteiger partial charge is 0.256 e. The van der Waals surface area contributed by atoms with Crippen molar-refractivity contribution in [3.8, 4) is 0 Å². The summed E-state index contributed by atoms with van der Waals surface area (Å²) < 4.78 is 12.3. The van der Waals surface area contributed by atoms with Crippen LogP contribution in [0.15, 0.2) is 60.7 Å². The molecule has 4 heteroatoms. The summed E-state index contributed by atoms with van der Waals surface area (Å²) in [5, 5.41) is 0. The molecule has 3 atom stereocenters. The maximum absolute atomic E-state index is 13.1. The molecule has 1 saturated carbocycles. The summed E-state index contributed by atoms with van der Waals surface area (Å²) in [4.78, 5) is 15.1. The van der Waals surface area contributed by atoms with Gasteiger partial charge in [0.2, 0.25) is 0 Å². The second-order valence-corrected chi connectivity index (χ2v) is 7.31. The second-order valence-electron chi connectivity index (χ2n) is 7.31. The zero-order valence-electron chi connectivity index (χ0n) is 15.1. The minimum absolute atomic E-state index is 0.0549. The Balaban J connectivity index is 1.46. The molecule has 2 aromatic rings. The van der Waals surface area contributed by atoms with E-state index in [1.54, 1.807) is 0 Å². The molecular formula is C22H25NO3. The molecule has 2 fully saturated rings. The van der Waals surface area contributed by atoms with Gasteiger partial charge in [0, 0.05) is 12.0 Å². The van der Waals surface area contributed by atoms with Crippen molar-refractivity contribution in [2.24, 2.45) is 0 Å². The van der Waals surface area contributed by atoms with Crippen LogP contribution in [-0.2, 0) is 16.1 Å². The van der Waals surface area contributed by atoms with Crippen LogP contribution in [0.4, 0.5) is 0 Å². The lowest BCUT2D eigenvalue weighted by Crippen LogP contribution is -2.49. The Labute approximate surface area is 154 Å². The average molecular weight is 351 g/mol. The van der Waals surface area contributed by atoms with Gasteiger partial charge < -0.3 is 14.4 Å². The minimum Gasteiger partial charge on any atom is -0.373 e. The summed E-state index contributed by atoms with van der Waals surface area (Å²) in [6, 6.07) is 19.8. The monoisotopic (exact) mass is 351 g/mol. The highest BCUT2D eigenvalue weighted by molar-refractivity contribution is 5.95. The van der Waals surface area contributed by atoms with E-state index in [0.29, 0.717) is 13.2 Å². The third kappa shape index (κ3) is 3.27. The lowest BCUT2D eigenvalue weighted by molar-refractivity contribution is -0.0769. The Morgan fingerprint density at radius 3 is 2.58 bits per heavy atom. The predicted octanol–water partition coefficient (Wildman–Crippen LogP) is 4.01. The Morgan fingerprint density at radius 1 is 1.15 bits per heavy atom. The quantitative estimate of drug-likeness (QED) is 0.835. The number of hydrogen-bond donors (Lipinski definition) is 0. The standard InChI is InChI=1S/C22H25NO3/c1-17-15-26-22(23(17)21(24)19-10-6-3-7-11-19)13-12-20(14-22)25-16-18-8-4-2-5-9-18/h2-11,17,20H,12-16H2,1H3/t17-,20+,22-/m0/s1. The number of carbonyl (C=O) groups excluding carboxylic acids is 1. The first kappa shape index (κ1) is 17.3. The first-order chi connectivity index (χ1) is 12.7. The van der Waals surface area contributed by atoms with Crippen LogP contribution in [0, 0.1) is 0 Å². The van der Waals surface area contributed by atoms with Crippen LogP contribution >= 0.6 is 0 Å². The molecule has 1 aliphatic heterocycles. The van der Waals surface area contributed by atoms with E-state index in [1.165, 1.54) is 5.56 Å². The fourth-order valence-electron chi connectivity index (χ4n) is 4.15. The van der Waals surface area contributed by atoms with Gasteiger partial charge >= 0.3 is 0 Å². The van der Waals surface area contributed by atoms with Gasteiger partial charge in [-0.3, -0.25) is 4.79 Å². The largest absolute Gasteiger partial charge is 0.373 e. The van der Waals surface area contributed by atoms with E-state index in [0.717, 1.165) is 24.8 Å². The highest BCUT2D eigenvalue weighted by Crippen LogP contribution is 2.43. The van der Waals surface area contributed by atoms with Gasteiger partial charge in [-0.25, -0.2) is 0 Å². The molecule has 1 heterocycles. The van der Waals surface area contributed by atoms with Crippen LogP contribution < -0.4 is 0 Å². The lowest BCUT2D eigenvalue weighted by atomic mass is 10.1. The number of carbonyl (C=O) groups is 1. The topological polar surface area (TPSA) is 38.8 Å². The fraction of sp³-hybridized carbons (Fsp3) is 0.409. The molecule has 136 valence electrons. The number of rotatable bonds is 4. The molecule has 1 aliphatic carbocycles. The third-order valence-corrected chi connectivity index (χ3v) is 5.44. The van der Waals surface area contributed by atoms with Crippen molar-refractivity contribution >= 4 is 5.91 Å². The Bertz CT molecular complexity index is 748. The van der Waals surface area contributed by atoms with E-state index in [1.807, 2.05) is 53.4 Å². The van der Waals surface area contributed by atoms with Crippen molar-refractivity contribution in [1.29, 1.82) is 0 Å². The molecule has 26 heavy (non-hydrogen) atoms. The second kappa shape index (κ2) is 7.22. The van der Waals surface area contributed by atoms with Crippen LogP contribution in [0.1, 0.15) is 42.1 Å². The summed E-state index contributed by atoms with van der Waals surface area (Å²) >= 11 is 0. The van der Waals surface area contributed by atoms with E-state index in [4.69, 9.17) is 9.47 Å². The number of amides is 1. The summed E-state index contributed by atoms with van der Waals surface area (Å²) in [5.41, 5.74) is 1.37. The molecule has 1 saturated heterocycles. The molecule has 0 radical (unpaired) electrons. The van der Waals surface area contributed by atoms with Crippen LogP contribution in [0.3, 0.4) is 0 Å². The molecule has 4 nitrogen and oxygen atoms in total. The maximum atomic E-state index is 13.1. The van der Waals surface area contributed by atoms with E-state index in [-0.39, 0.29) is 18.1 Å². The Morgan fingerprint density at radius 2 is 1.85 bits per heavy atom. The molecule has 0 unspecified atom stereocenters. The van der Waals surface area contributed by atoms with Crippen molar-refractivity contribution in [1.82, 2.24) is 4.90 Å². The number of hydrogen-bond acceptors (Lipinski definition) is 3. The highest BCUT2D eigenvalue weighted by Gasteiger charge is 2.53. The molecule has 4 rings (SSSR count). The van der Waals surface area contributed by atoms with Crippen LogP contribution in [0.5, 0.6) is 0 Å². The highest BCUT2D eigenvalue weighted by atomic mass is 16.5. The first-order valence-electron chi connectivity index (χ1n) is 9.36. The van der Waals surface area contributed by atoms with Gasteiger partial charge in [0.05, 0.1) is 25.4 Å². The van der Waals surface area contributed by atoms with Crippen molar-refractivity contribution < 1.29 is 14.3 Å². The molecule has 2 aliphatic rings. The minimum atomic E-state index is -0.520. The van der Waals surface area contributed by atoms with Gasteiger partial charge in [0.1, 0.15) is 5.72 Å². The van der Waals surface area contributed by atoms with Gasteiger partial charge in [-0.2, -0.15) is 0 Å². The molecule has 1 amide bonds. The van der Waals surface area contributed by atoms with Gasteiger partial charge in [-0.05, 0) is 37.5 Å². The predicted molar refractivity (Wildman–Crippen MR) is 99.6 cm³/mol.